The fourth-order valence-electron chi connectivity index (χ4n) is 2.17. The number of anilines is 1. The first-order valence-corrected chi connectivity index (χ1v) is 6.49. The average molecular weight is 287 g/mol. The fourth-order valence-corrected chi connectivity index (χ4v) is 2.17. The van der Waals surface area contributed by atoms with Crippen LogP contribution in [-0.4, -0.2) is 27.2 Å². The largest absolute Gasteiger partial charge is 0.481 e. The van der Waals surface area contributed by atoms with Crippen molar-refractivity contribution < 1.29 is 19.1 Å². The summed E-state index contributed by atoms with van der Waals surface area (Å²) in [7, 11) is 0. The van der Waals surface area contributed by atoms with Crippen LogP contribution in [0.2, 0.25) is 0 Å². The molecule has 1 heterocycles. The number of nitrogens with one attached hydrogen (secondary N) is 1. The Morgan fingerprint density at radius 2 is 2.05 bits per heavy atom. The Balaban J connectivity index is 1.80. The molecular formula is C14H13N3O4. The van der Waals surface area contributed by atoms with Crippen LogP contribution in [0.1, 0.15) is 12.3 Å². The van der Waals surface area contributed by atoms with E-state index in [9.17, 15) is 9.59 Å². The number of carbonyl (C=O) groups excluding carboxylic acids is 1. The van der Waals surface area contributed by atoms with Gasteiger partial charge in [-0.05, 0) is 18.6 Å². The quantitative estimate of drug-likeness (QED) is 0.886. The van der Waals surface area contributed by atoms with Gasteiger partial charge in [-0.25, -0.2) is 0 Å². The maximum Gasteiger partial charge on any atom is 0.307 e. The molecule has 0 bridgehead atoms. The van der Waals surface area contributed by atoms with E-state index in [1.807, 2.05) is 0 Å². The van der Waals surface area contributed by atoms with Crippen LogP contribution >= 0.6 is 0 Å². The van der Waals surface area contributed by atoms with Crippen LogP contribution in [0, 0.1) is 18.8 Å². The first kappa shape index (κ1) is 13.3. The molecule has 7 heteroatoms. The van der Waals surface area contributed by atoms with Crippen molar-refractivity contribution in [2.75, 3.05) is 5.32 Å². The number of hydrogen-bond donors (Lipinski definition) is 2. The molecule has 2 aromatic rings. The van der Waals surface area contributed by atoms with Crippen molar-refractivity contribution in [2.24, 2.45) is 11.8 Å². The Morgan fingerprint density at radius 1 is 1.29 bits per heavy atom. The fraction of sp³-hybridized carbons (Fsp3) is 0.286. The number of carbonyl (C=O) groups is 2. The summed E-state index contributed by atoms with van der Waals surface area (Å²) in [5, 5.41) is 19.3. The number of nitrogens with zero attached hydrogens (tertiary/aromatic N) is 2. The molecule has 0 aliphatic heterocycles. The highest BCUT2D eigenvalue weighted by molar-refractivity contribution is 6.00. The van der Waals surface area contributed by atoms with Crippen molar-refractivity contribution in [3.8, 4) is 11.5 Å². The van der Waals surface area contributed by atoms with Crippen LogP contribution in [-0.2, 0) is 9.59 Å². The summed E-state index contributed by atoms with van der Waals surface area (Å²) < 4.78 is 5.36. The van der Waals surface area contributed by atoms with Crippen molar-refractivity contribution in [3.05, 3.63) is 30.2 Å². The smallest absolute Gasteiger partial charge is 0.307 e. The monoisotopic (exact) mass is 287 g/mol. The summed E-state index contributed by atoms with van der Waals surface area (Å²) in [5.74, 6) is -1.54. The lowest BCUT2D eigenvalue weighted by Crippen LogP contribution is -2.17. The second kappa shape index (κ2) is 5.01. The second-order valence-electron chi connectivity index (χ2n) is 4.95. The van der Waals surface area contributed by atoms with Crippen LogP contribution in [0.25, 0.3) is 11.5 Å². The highest BCUT2D eigenvalue weighted by Crippen LogP contribution is 2.40. The number of aromatic nitrogens is 2. The standard InChI is InChI=1S/C14H13N3O4/c1-7-16-17-13(21-7)8-4-2-3-5-11(8)15-12(18)9-6-10(9)14(19)20/h2-5,9-10H,6H2,1H3,(H,15,18)(H,19,20). The van der Waals surface area contributed by atoms with Gasteiger partial charge in [0.05, 0.1) is 23.1 Å². The molecule has 2 N–H and O–H groups in total. The summed E-state index contributed by atoms with van der Waals surface area (Å²) in [4.78, 5) is 22.8. The van der Waals surface area contributed by atoms with E-state index in [1.54, 1.807) is 31.2 Å². The van der Waals surface area contributed by atoms with Gasteiger partial charge in [-0.3, -0.25) is 9.59 Å². The summed E-state index contributed by atoms with van der Waals surface area (Å²) >= 11 is 0. The van der Waals surface area contributed by atoms with Gasteiger partial charge in [0.2, 0.25) is 17.7 Å². The molecule has 2 atom stereocenters. The summed E-state index contributed by atoms with van der Waals surface area (Å²) in [6, 6.07) is 7.03. The Kier molecular flexibility index (Phi) is 3.17. The summed E-state index contributed by atoms with van der Waals surface area (Å²) in [6.45, 7) is 1.68. The van der Waals surface area contributed by atoms with Crippen LogP contribution in [0.15, 0.2) is 28.7 Å². The number of amides is 1. The lowest BCUT2D eigenvalue weighted by Gasteiger charge is -2.08. The molecule has 7 nitrogen and oxygen atoms in total. The normalized spacial score (nSPS) is 20.0. The van der Waals surface area contributed by atoms with E-state index in [2.05, 4.69) is 15.5 Å². The third-order valence-corrected chi connectivity index (χ3v) is 3.39. The number of aliphatic carboxylic acids is 1. The predicted octanol–water partition coefficient (Wildman–Crippen LogP) is 1.70. The Bertz CT molecular complexity index is 710. The highest BCUT2D eigenvalue weighted by Gasteiger charge is 2.48. The van der Waals surface area contributed by atoms with Gasteiger partial charge in [0.15, 0.2) is 0 Å². The molecule has 1 aromatic heterocycles. The van der Waals surface area contributed by atoms with E-state index in [0.717, 1.165) is 0 Å². The first-order chi connectivity index (χ1) is 10.1. The van der Waals surface area contributed by atoms with Crippen molar-refractivity contribution in [1.82, 2.24) is 10.2 Å². The lowest BCUT2D eigenvalue weighted by molar-refractivity contribution is -0.139. The highest BCUT2D eigenvalue weighted by atomic mass is 16.4. The van der Waals surface area contributed by atoms with Crippen molar-refractivity contribution in [3.63, 3.8) is 0 Å². The molecule has 1 aromatic carbocycles. The van der Waals surface area contributed by atoms with E-state index < -0.39 is 17.8 Å². The van der Waals surface area contributed by atoms with Crippen molar-refractivity contribution >= 4 is 17.6 Å². The minimum atomic E-state index is -0.934. The van der Waals surface area contributed by atoms with Gasteiger partial charge in [0.1, 0.15) is 0 Å². The molecule has 1 saturated carbocycles. The molecule has 1 aliphatic rings. The minimum Gasteiger partial charge on any atom is -0.481 e. The molecule has 0 radical (unpaired) electrons. The number of aryl methyl sites for hydroxylation is 1. The topological polar surface area (TPSA) is 105 Å². The molecule has 2 unspecified atom stereocenters. The Labute approximate surface area is 120 Å². The van der Waals surface area contributed by atoms with E-state index in [1.165, 1.54) is 0 Å². The number of para-hydroxylation sites is 1. The van der Waals surface area contributed by atoms with Gasteiger partial charge in [-0.15, -0.1) is 10.2 Å². The van der Waals surface area contributed by atoms with Gasteiger partial charge in [0, 0.05) is 6.92 Å². The molecule has 3 rings (SSSR count). The molecule has 21 heavy (non-hydrogen) atoms. The predicted molar refractivity (Wildman–Crippen MR) is 72.3 cm³/mol. The first-order valence-electron chi connectivity index (χ1n) is 6.49. The zero-order valence-electron chi connectivity index (χ0n) is 11.2. The molecule has 1 amide bonds. The maximum atomic E-state index is 12.0. The molecule has 1 fully saturated rings. The van der Waals surface area contributed by atoms with Crippen LogP contribution in [0.3, 0.4) is 0 Å². The maximum absolute atomic E-state index is 12.0. The van der Waals surface area contributed by atoms with Gasteiger partial charge in [-0.1, -0.05) is 12.1 Å². The van der Waals surface area contributed by atoms with Gasteiger partial charge in [-0.2, -0.15) is 0 Å². The van der Waals surface area contributed by atoms with E-state index in [-0.39, 0.29) is 5.91 Å². The van der Waals surface area contributed by atoms with Gasteiger partial charge < -0.3 is 14.8 Å². The van der Waals surface area contributed by atoms with Crippen LogP contribution < -0.4 is 5.32 Å². The number of carboxylic acids is 1. The average Bonchev–Trinajstić information content (AvgIpc) is 3.16. The number of carboxylic acid groups (broad SMARTS) is 1. The molecule has 108 valence electrons. The molecule has 1 aliphatic carbocycles. The summed E-state index contributed by atoms with van der Waals surface area (Å²) in [6.07, 6.45) is 0.378. The number of rotatable bonds is 4. The van der Waals surface area contributed by atoms with Crippen molar-refractivity contribution in [1.29, 1.82) is 0 Å². The third kappa shape index (κ3) is 2.62. The van der Waals surface area contributed by atoms with Gasteiger partial charge >= 0.3 is 5.97 Å². The van der Waals surface area contributed by atoms with E-state index in [0.29, 0.717) is 29.5 Å². The number of hydrogen-bond acceptors (Lipinski definition) is 5. The minimum absolute atomic E-state index is 0.300. The zero-order chi connectivity index (χ0) is 15.0. The Hall–Kier alpha value is -2.70. The van der Waals surface area contributed by atoms with Crippen LogP contribution in [0.4, 0.5) is 5.69 Å². The molecular weight excluding hydrogens is 274 g/mol. The van der Waals surface area contributed by atoms with Crippen molar-refractivity contribution in [2.45, 2.75) is 13.3 Å². The van der Waals surface area contributed by atoms with Crippen LogP contribution in [0.5, 0.6) is 0 Å². The van der Waals surface area contributed by atoms with Gasteiger partial charge in [0.25, 0.3) is 0 Å². The zero-order valence-corrected chi connectivity index (χ0v) is 11.2. The third-order valence-electron chi connectivity index (χ3n) is 3.39. The SMILES string of the molecule is Cc1nnc(-c2ccccc2NC(=O)C2CC2C(=O)O)o1. The van der Waals surface area contributed by atoms with E-state index in [4.69, 9.17) is 9.52 Å². The molecule has 0 saturated heterocycles. The second-order valence-corrected chi connectivity index (χ2v) is 4.95. The van der Waals surface area contributed by atoms with E-state index >= 15 is 0 Å². The Morgan fingerprint density at radius 3 is 2.67 bits per heavy atom. The summed E-state index contributed by atoms with van der Waals surface area (Å²) in [5.41, 5.74) is 1.14. The number of benzene rings is 1. The molecule has 0 spiro atoms. The lowest BCUT2D eigenvalue weighted by atomic mass is 10.1.